The van der Waals surface area contributed by atoms with E-state index in [1.807, 2.05) is 24.3 Å². The van der Waals surface area contributed by atoms with Crippen LogP contribution >= 0.6 is 0 Å². The first-order chi connectivity index (χ1) is 5.47. The summed E-state index contributed by atoms with van der Waals surface area (Å²) in [6.45, 7) is 1.48. The molecule has 0 fully saturated rings. The van der Waals surface area contributed by atoms with E-state index in [2.05, 4.69) is 11.1 Å². The molecular weight excluding hydrogens is 242 g/mol. The van der Waals surface area contributed by atoms with Crippen molar-refractivity contribution in [3.05, 3.63) is 35.9 Å². The zero-order chi connectivity index (χ0) is 7.52. The third-order valence-corrected chi connectivity index (χ3v) is 1.52. The van der Waals surface area contributed by atoms with E-state index < -0.39 is 0 Å². The van der Waals surface area contributed by atoms with E-state index in [9.17, 15) is 0 Å². The van der Waals surface area contributed by atoms with E-state index in [0.717, 1.165) is 18.0 Å². The average Bonchev–Trinajstić information content (AvgIpc) is 2.58. The number of aliphatic imine (C=N–C) groups is 1. The van der Waals surface area contributed by atoms with Gasteiger partial charge in [-0.3, -0.25) is 4.99 Å². The standard InChI is InChI=1S/C9H8NO.BrH.Mg/c1-2-4-8(5-3-1)9-10-6-7-11-9;;/h1-4H,6-7H2;1H;/q-1;;+2/p-1. The average molecular weight is 250 g/mol. The number of hydrogen-bond donors (Lipinski definition) is 0. The number of halogens is 1. The molecule has 1 aromatic rings. The van der Waals surface area contributed by atoms with E-state index in [1.54, 1.807) is 0 Å². The van der Waals surface area contributed by atoms with E-state index in [-0.39, 0.29) is 40.0 Å². The molecule has 0 spiro atoms. The van der Waals surface area contributed by atoms with Gasteiger partial charge in [-0.15, -0.1) is 30.3 Å². The van der Waals surface area contributed by atoms with Crippen molar-refractivity contribution in [1.29, 1.82) is 0 Å². The van der Waals surface area contributed by atoms with Crippen LogP contribution in [0.4, 0.5) is 0 Å². The molecule has 1 aliphatic heterocycles. The molecule has 64 valence electrons. The maximum atomic E-state index is 5.26. The Morgan fingerprint density at radius 3 is 2.77 bits per heavy atom. The third kappa shape index (κ3) is 3.29. The zero-order valence-corrected chi connectivity index (χ0v) is 10.2. The molecule has 2 rings (SSSR count). The van der Waals surface area contributed by atoms with Gasteiger partial charge in [-0.1, -0.05) is 5.56 Å². The summed E-state index contributed by atoms with van der Waals surface area (Å²) in [5.74, 6) is 0.727. The van der Waals surface area contributed by atoms with Crippen molar-refractivity contribution in [1.82, 2.24) is 0 Å². The van der Waals surface area contributed by atoms with Gasteiger partial charge in [0.05, 0.1) is 13.2 Å². The van der Waals surface area contributed by atoms with Crippen molar-refractivity contribution in [2.45, 2.75) is 0 Å². The second-order valence-electron chi connectivity index (χ2n) is 2.31. The van der Waals surface area contributed by atoms with Crippen LogP contribution in [0.5, 0.6) is 0 Å². The Hall–Kier alpha value is -0.0638. The molecule has 0 aromatic heterocycles. The molecule has 0 amide bonds. The molecule has 0 saturated carbocycles. The monoisotopic (exact) mass is 249 g/mol. The quantitative estimate of drug-likeness (QED) is 0.413. The van der Waals surface area contributed by atoms with Gasteiger partial charge in [0.15, 0.2) is 0 Å². The Morgan fingerprint density at radius 2 is 2.23 bits per heavy atom. The van der Waals surface area contributed by atoms with Crippen LogP contribution in [0, 0.1) is 6.07 Å². The van der Waals surface area contributed by atoms with E-state index >= 15 is 0 Å². The summed E-state index contributed by atoms with van der Waals surface area (Å²) >= 11 is 0. The molecule has 4 heteroatoms. The molecule has 0 bridgehead atoms. The largest absolute Gasteiger partial charge is 2.00 e. The van der Waals surface area contributed by atoms with Gasteiger partial charge in [0.1, 0.15) is 5.90 Å². The van der Waals surface area contributed by atoms with Crippen LogP contribution in [-0.4, -0.2) is 42.1 Å². The topological polar surface area (TPSA) is 21.6 Å². The van der Waals surface area contributed by atoms with Crippen molar-refractivity contribution in [2.75, 3.05) is 13.2 Å². The summed E-state index contributed by atoms with van der Waals surface area (Å²) in [5.41, 5.74) is 0.949. The van der Waals surface area contributed by atoms with Crippen LogP contribution in [0.15, 0.2) is 29.3 Å². The molecule has 0 radical (unpaired) electrons. The summed E-state index contributed by atoms with van der Waals surface area (Å²) in [7, 11) is 0. The molecule has 0 atom stereocenters. The molecule has 1 aliphatic rings. The van der Waals surface area contributed by atoms with Crippen LogP contribution in [0.3, 0.4) is 0 Å². The summed E-state index contributed by atoms with van der Waals surface area (Å²) in [6.07, 6.45) is 0. The number of benzene rings is 1. The first-order valence-electron chi connectivity index (χ1n) is 3.61. The predicted octanol–water partition coefficient (Wildman–Crippen LogP) is -2.11. The van der Waals surface area contributed by atoms with Gasteiger partial charge in [0.2, 0.25) is 0 Å². The Labute approximate surface area is 104 Å². The molecule has 0 aliphatic carbocycles. The van der Waals surface area contributed by atoms with Gasteiger partial charge < -0.3 is 21.7 Å². The molecule has 0 N–H and O–H groups in total. The molecule has 0 unspecified atom stereocenters. The van der Waals surface area contributed by atoms with E-state index in [4.69, 9.17) is 4.74 Å². The first-order valence-corrected chi connectivity index (χ1v) is 3.61. The van der Waals surface area contributed by atoms with Gasteiger partial charge in [-0.25, -0.2) is 0 Å². The zero-order valence-electron chi connectivity index (χ0n) is 7.16. The Kier molecular flexibility index (Phi) is 6.37. The third-order valence-electron chi connectivity index (χ3n) is 1.52. The fourth-order valence-electron chi connectivity index (χ4n) is 1.02. The van der Waals surface area contributed by atoms with Gasteiger partial charge in [0, 0.05) is 0 Å². The maximum absolute atomic E-state index is 5.26. The maximum Gasteiger partial charge on any atom is 2.00 e. The Bertz CT molecular complexity index is 276. The van der Waals surface area contributed by atoms with E-state index in [1.165, 1.54) is 0 Å². The normalized spacial score (nSPS) is 13.4. The molecule has 1 aromatic carbocycles. The number of rotatable bonds is 1. The number of hydrogen-bond acceptors (Lipinski definition) is 2. The van der Waals surface area contributed by atoms with E-state index in [0.29, 0.717) is 6.61 Å². The van der Waals surface area contributed by atoms with Crippen molar-refractivity contribution in [2.24, 2.45) is 4.99 Å². The fraction of sp³-hybridized carbons (Fsp3) is 0.222. The minimum Gasteiger partial charge on any atom is -1.00 e. The minimum atomic E-state index is 0. The fourth-order valence-corrected chi connectivity index (χ4v) is 1.02. The second-order valence-corrected chi connectivity index (χ2v) is 2.31. The van der Waals surface area contributed by atoms with Crippen LogP contribution in [0.1, 0.15) is 5.56 Å². The van der Waals surface area contributed by atoms with Crippen molar-refractivity contribution >= 4 is 29.0 Å². The van der Waals surface area contributed by atoms with Crippen LogP contribution in [-0.2, 0) is 4.74 Å². The number of ether oxygens (including phenoxy) is 1. The summed E-state index contributed by atoms with van der Waals surface area (Å²) in [5, 5.41) is 0. The van der Waals surface area contributed by atoms with Crippen LogP contribution in [0.2, 0.25) is 0 Å². The molecule has 2 nitrogen and oxygen atoms in total. The van der Waals surface area contributed by atoms with Crippen LogP contribution < -0.4 is 17.0 Å². The Morgan fingerprint density at radius 1 is 1.38 bits per heavy atom. The summed E-state index contributed by atoms with van der Waals surface area (Å²) < 4.78 is 5.26. The smallest absolute Gasteiger partial charge is 1.00 e. The summed E-state index contributed by atoms with van der Waals surface area (Å²) in [4.78, 5) is 4.17. The van der Waals surface area contributed by atoms with Crippen LogP contribution in [0.25, 0.3) is 0 Å². The second kappa shape index (κ2) is 6.40. The first kappa shape index (κ1) is 12.9. The van der Waals surface area contributed by atoms with Gasteiger partial charge in [0.25, 0.3) is 0 Å². The minimum absolute atomic E-state index is 0. The van der Waals surface area contributed by atoms with Gasteiger partial charge >= 0.3 is 23.1 Å². The SMILES string of the molecule is [Br-].[Mg+2].[c-]1ccccc1C1=NCCO1. The molecule has 13 heavy (non-hydrogen) atoms. The predicted molar refractivity (Wildman–Crippen MR) is 48.4 cm³/mol. The van der Waals surface area contributed by atoms with Gasteiger partial charge in [-0.2, -0.15) is 0 Å². The number of nitrogens with zero attached hydrogens (tertiary/aromatic N) is 1. The van der Waals surface area contributed by atoms with Crippen molar-refractivity contribution in [3.8, 4) is 0 Å². The van der Waals surface area contributed by atoms with Gasteiger partial charge in [-0.05, 0) is 0 Å². The molecule has 1 heterocycles. The van der Waals surface area contributed by atoms with Crippen molar-refractivity contribution < 1.29 is 21.7 Å². The Balaban J connectivity index is 0.000000720. The molecule has 0 saturated heterocycles. The van der Waals surface area contributed by atoms with Crippen molar-refractivity contribution in [3.63, 3.8) is 0 Å². The summed E-state index contributed by atoms with van der Waals surface area (Å²) in [6, 6.07) is 10.7. The molecular formula is C9H8BrMgNO.